The van der Waals surface area contributed by atoms with E-state index in [1.165, 1.54) is 43.1 Å². The number of thioether (sulfide) groups is 1. The molecule has 2 aliphatic rings. The minimum absolute atomic E-state index is 0.308. The van der Waals surface area contributed by atoms with Crippen LogP contribution in [-0.2, 0) is 0 Å². The van der Waals surface area contributed by atoms with Crippen LogP contribution in [0.4, 0.5) is 0 Å². The number of nitrogens with one attached hydrogen (secondary N) is 1. The van der Waals surface area contributed by atoms with E-state index in [-0.39, 0.29) is 0 Å². The summed E-state index contributed by atoms with van der Waals surface area (Å²) in [6.45, 7) is 10.4. The first-order valence-corrected chi connectivity index (χ1v) is 8.41. The van der Waals surface area contributed by atoms with Crippen LogP contribution >= 0.6 is 11.8 Å². The van der Waals surface area contributed by atoms with E-state index < -0.39 is 0 Å². The highest BCUT2D eigenvalue weighted by molar-refractivity contribution is 8.14. The minimum atomic E-state index is 0.308. The Kier molecular flexibility index (Phi) is 4.96. The first-order valence-electron chi connectivity index (χ1n) is 7.42. The summed E-state index contributed by atoms with van der Waals surface area (Å²) in [5.41, 5.74) is 0.308. The van der Waals surface area contributed by atoms with Crippen LogP contribution in [0.25, 0.3) is 0 Å². The molecule has 0 radical (unpaired) electrons. The lowest BCUT2D eigenvalue weighted by Gasteiger charge is -2.30. The van der Waals surface area contributed by atoms with Crippen molar-refractivity contribution in [2.75, 3.05) is 25.4 Å². The number of likely N-dealkylation sites (N-methyl/N-ethyl adjacent to an activating group) is 1. The monoisotopic (exact) mass is 269 g/mol. The molecule has 2 heterocycles. The number of hydrogen-bond acceptors (Lipinski definition) is 3. The Hall–Kier alpha value is -0.220. The highest BCUT2D eigenvalue weighted by atomic mass is 32.2. The zero-order valence-corrected chi connectivity index (χ0v) is 12.9. The molecule has 2 aliphatic heterocycles. The van der Waals surface area contributed by atoms with Crippen molar-refractivity contribution < 1.29 is 0 Å². The molecule has 0 spiro atoms. The third-order valence-corrected chi connectivity index (χ3v) is 5.62. The Morgan fingerprint density at radius 1 is 1.39 bits per heavy atom. The van der Waals surface area contributed by atoms with Crippen molar-refractivity contribution in [2.24, 2.45) is 4.99 Å². The molecular weight excluding hydrogens is 242 g/mol. The smallest absolute Gasteiger partial charge is 0.157 e. The van der Waals surface area contributed by atoms with Gasteiger partial charge in [0.1, 0.15) is 0 Å². The first-order chi connectivity index (χ1) is 8.71. The molecule has 2 saturated heterocycles. The average molecular weight is 269 g/mol. The molecule has 104 valence electrons. The van der Waals surface area contributed by atoms with E-state index in [1.54, 1.807) is 0 Å². The maximum atomic E-state index is 4.95. The molecule has 2 fully saturated rings. The standard InChI is InChI=1S/C14H27N3S/c1-4-14(5-2)11-18-13(16-14)15-12-8-7-9-17(6-3)10-12/h12H,4-11H2,1-3H3,(H,15,16). The Morgan fingerprint density at radius 2 is 2.17 bits per heavy atom. The number of piperidine rings is 1. The fourth-order valence-electron chi connectivity index (χ4n) is 2.80. The second kappa shape index (κ2) is 6.29. The predicted molar refractivity (Wildman–Crippen MR) is 81.5 cm³/mol. The van der Waals surface area contributed by atoms with Crippen molar-refractivity contribution in [3.05, 3.63) is 0 Å². The lowest BCUT2D eigenvalue weighted by atomic mass is 9.96. The number of rotatable bonds is 4. The highest BCUT2D eigenvalue weighted by Crippen LogP contribution is 2.29. The molecule has 3 nitrogen and oxygen atoms in total. The van der Waals surface area contributed by atoms with E-state index in [0.29, 0.717) is 11.6 Å². The van der Waals surface area contributed by atoms with E-state index in [2.05, 4.69) is 31.0 Å². The lowest BCUT2D eigenvalue weighted by molar-refractivity contribution is 0.220. The molecule has 1 unspecified atom stereocenters. The van der Waals surface area contributed by atoms with Crippen LogP contribution in [0.15, 0.2) is 4.99 Å². The van der Waals surface area contributed by atoms with Crippen molar-refractivity contribution in [1.82, 2.24) is 10.2 Å². The summed E-state index contributed by atoms with van der Waals surface area (Å²) in [5.74, 6) is 1.18. The number of nitrogens with zero attached hydrogens (tertiary/aromatic N) is 2. The summed E-state index contributed by atoms with van der Waals surface area (Å²) in [6, 6.07) is 0.512. The summed E-state index contributed by atoms with van der Waals surface area (Å²) in [4.78, 5) is 7.47. The number of aliphatic imine (C=N–C) groups is 1. The molecule has 0 aromatic carbocycles. The van der Waals surface area contributed by atoms with Gasteiger partial charge in [0.25, 0.3) is 0 Å². The topological polar surface area (TPSA) is 27.6 Å². The molecule has 4 heteroatoms. The zero-order valence-electron chi connectivity index (χ0n) is 12.0. The van der Waals surface area contributed by atoms with Crippen LogP contribution in [0.2, 0.25) is 0 Å². The maximum absolute atomic E-state index is 4.95. The maximum Gasteiger partial charge on any atom is 0.157 e. The molecule has 0 aromatic heterocycles. The van der Waals surface area contributed by atoms with E-state index >= 15 is 0 Å². The van der Waals surface area contributed by atoms with E-state index in [1.807, 2.05) is 11.8 Å². The summed E-state index contributed by atoms with van der Waals surface area (Å²) >= 11 is 1.92. The fourth-order valence-corrected chi connectivity index (χ4v) is 4.20. The number of amidine groups is 1. The number of likely N-dealkylation sites (tertiary alicyclic amines) is 1. The van der Waals surface area contributed by atoms with Crippen molar-refractivity contribution >= 4 is 16.9 Å². The summed E-state index contributed by atoms with van der Waals surface area (Å²) in [7, 11) is 0. The second-order valence-corrected chi connectivity index (χ2v) is 6.49. The van der Waals surface area contributed by atoms with Gasteiger partial charge in [0.05, 0.1) is 6.04 Å². The molecule has 0 bridgehead atoms. The van der Waals surface area contributed by atoms with Gasteiger partial charge in [0, 0.05) is 17.8 Å². The average Bonchev–Trinajstić information content (AvgIpc) is 2.83. The molecule has 18 heavy (non-hydrogen) atoms. The molecule has 0 aromatic rings. The molecule has 1 N–H and O–H groups in total. The van der Waals surface area contributed by atoms with Crippen molar-refractivity contribution in [1.29, 1.82) is 0 Å². The highest BCUT2D eigenvalue weighted by Gasteiger charge is 2.34. The molecule has 1 atom stereocenters. The van der Waals surface area contributed by atoms with Crippen molar-refractivity contribution in [3.63, 3.8) is 0 Å². The summed E-state index contributed by atoms with van der Waals surface area (Å²) < 4.78 is 0. The van der Waals surface area contributed by atoms with Crippen LogP contribution < -0.4 is 5.32 Å². The van der Waals surface area contributed by atoms with Crippen LogP contribution in [0.3, 0.4) is 0 Å². The Morgan fingerprint density at radius 3 is 2.78 bits per heavy atom. The number of hydrogen-bond donors (Lipinski definition) is 1. The quantitative estimate of drug-likeness (QED) is 0.850. The van der Waals surface area contributed by atoms with Gasteiger partial charge in [0.15, 0.2) is 5.17 Å². The van der Waals surface area contributed by atoms with Gasteiger partial charge in [-0.25, -0.2) is 0 Å². The van der Waals surface area contributed by atoms with Gasteiger partial charge < -0.3 is 10.2 Å². The minimum Gasteiger partial charge on any atom is -0.359 e. The molecule has 0 saturated carbocycles. The molecule has 0 amide bonds. The molecule has 2 rings (SSSR count). The van der Waals surface area contributed by atoms with Gasteiger partial charge in [-0.05, 0) is 38.8 Å². The third kappa shape index (κ3) is 3.21. The largest absolute Gasteiger partial charge is 0.359 e. The van der Waals surface area contributed by atoms with E-state index in [9.17, 15) is 0 Å². The summed E-state index contributed by atoms with van der Waals surface area (Å²) in [5, 5.41) is 4.87. The predicted octanol–water partition coefficient (Wildman–Crippen LogP) is 2.72. The van der Waals surface area contributed by atoms with E-state index in [0.717, 1.165) is 13.1 Å². The fraction of sp³-hybridized carbons (Fsp3) is 0.929. The third-order valence-electron chi connectivity index (χ3n) is 4.44. The van der Waals surface area contributed by atoms with Gasteiger partial charge in [-0.3, -0.25) is 4.99 Å². The van der Waals surface area contributed by atoms with Gasteiger partial charge >= 0.3 is 0 Å². The van der Waals surface area contributed by atoms with Gasteiger partial charge in [-0.15, -0.1) is 0 Å². The van der Waals surface area contributed by atoms with Crippen LogP contribution in [0.5, 0.6) is 0 Å². The van der Waals surface area contributed by atoms with Crippen molar-refractivity contribution in [3.8, 4) is 0 Å². The normalized spacial score (nSPS) is 30.6. The Labute approximate surface area is 116 Å². The van der Waals surface area contributed by atoms with Crippen LogP contribution in [-0.4, -0.2) is 47.0 Å². The van der Waals surface area contributed by atoms with Gasteiger partial charge in [0.2, 0.25) is 0 Å². The molecular formula is C14H27N3S. The Balaban J connectivity index is 1.94. The lowest BCUT2D eigenvalue weighted by Crippen LogP contribution is -2.43. The van der Waals surface area contributed by atoms with Crippen LogP contribution in [0.1, 0.15) is 46.5 Å². The second-order valence-electron chi connectivity index (χ2n) is 5.52. The van der Waals surface area contributed by atoms with Crippen LogP contribution in [0, 0.1) is 0 Å². The molecule has 0 aliphatic carbocycles. The van der Waals surface area contributed by atoms with Crippen molar-refractivity contribution in [2.45, 2.75) is 58.0 Å². The van der Waals surface area contributed by atoms with Gasteiger partial charge in [-0.1, -0.05) is 32.5 Å². The van der Waals surface area contributed by atoms with E-state index in [4.69, 9.17) is 4.99 Å². The Bertz CT molecular complexity index is 299. The van der Waals surface area contributed by atoms with Gasteiger partial charge in [-0.2, -0.15) is 0 Å². The first kappa shape index (κ1) is 14.2. The summed E-state index contributed by atoms with van der Waals surface area (Å²) in [6.07, 6.45) is 4.95. The SMILES string of the molecule is CCN1CCCC(N=C2NC(CC)(CC)CS2)C1. The zero-order chi connectivity index (χ0) is 13.0.